The average molecular weight is 322 g/mol. The van der Waals surface area contributed by atoms with E-state index >= 15 is 0 Å². The van der Waals surface area contributed by atoms with Gasteiger partial charge in [0.05, 0.1) is 0 Å². The molecule has 0 spiro atoms. The second-order valence-corrected chi connectivity index (χ2v) is 5.04. The van der Waals surface area contributed by atoms with Crippen LogP contribution in [-0.4, -0.2) is 16.5 Å². The third kappa shape index (κ3) is 3.44. The summed E-state index contributed by atoms with van der Waals surface area (Å²) in [5.41, 5.74) is 2.27. The molecular formula is C14H16BrN3O. The largest absolute Gasteiger partial charge is 0.439 e. The predicted octanol–water partition coefficient (Wildman–Crippen LogP) is 4.08. The molecular weight excluding hydrogens is 306 g/mol. The van der Waals surface area contributed by atoms with Crippen molar-refractivity contribution < 1.29 is 4.74 Å². The van der Waals surface area contributed by atoms with Crippen LogP contribution >= 0.6 is 15.9 Å². The number of nitrogens with one attached hydrogen (secondary N) is 1. The zero-order chi connectivity index (χ0) is 13.8. The normalized spacial score (nSPS) is 10.3. The molecule has 1 N–H and O–H groups in total. The van der Waals surface area contributed by atoms with Crippen molar-refractivity contribution in [1.82, 2.24) is 9.97 Å². The van der Waals surface area contributed by atoms with Gasteiger partial charge in [0.2, 0.25) is 5.88 Å². The minimum atomic E-state index is 0.534. The number of hydrogen-bond donors (Lipinski definition) is 1. The summed E-state index contributed by atoms with van der Waals surface area (Å²) in [6, 6.07) is 5.74. The van der Waals surface area contributed by atoms with Gasteiger partial charge in [0, 0.05) is 17.1 Å². The summed E-state index contributed by atoms with van der Waals surface area (Å²) in [7, 11) is 0. The Morgan fingerprint density at radius 3 is 2.47 bits per heavy atom. The molecule has 0 aliphatic rings. The van der Waals surface area contributed by atoms with E-state index in [9.17, 15) is 0 Å². The Hall–Kier alpha value is -1.62. The first-order chi connectivity index (χ1) is 9.10. The number of ether oxygens (including phenoxy) is 1. The van der Waals surface area contributed by atoms with Gasteiger partial charge in [-0.3, -0.25) is 0 Å². The van der Waals surface area contributed by atoms with E-state index in [2.05, 4.69) is 31.2 Å². The summed E-state index contributed by atoms with van der Waals surface area (Å²) in [5, 5.41) is 3.13. The molecule has 0 atom stereocenters. The molecule has 0 aliphatic carbocycles. The molecule has 1 aromatic heterocycles. The number of aromatic nitrogens is 2. The van der Waals surface area contributed by atoms with Gasteiger partial charge < -0.3 is 10.1 Å². The zero-order valence-electron chi connectivity index (χ0n) is 11.2. The van der Waals surface area contributed by atoms with Crippen LogP contribution in [0.15, 0.2) is 29.0 Å². The SMILES string of the molecule is CCNc1cc(Oc2cc(C)c(Br)c(C)c2)ncn1. The van der Waals surface area contributed by atoms with Crippen LogP contribution in [0.3, 0.4) is 0 Å². The molecule has 0 unspecified atom stereocenters. The molecule has 2 rings (SSSR count). The standard InChI is InChI=1S/C14H16BrN3O/c1-4-16-12-7-13(18-8-17-12)19-11-5-9(2)14(15)10(3)6-11/h5-8H,4H2,1-3H3,(H,16,17,18). The van der Waals surface area contributed by atoms with Gasteiger partial charge in [0.1, 0.15) is 17.9 Å². The topological polar surface area (TPSA) is 47.0 Å². The number of nitrogens with zero attached hydrogens (tertiary/aromatic N) is 2. The fourth-order valence-corrected chi connectivity index (χ4v) is 1.99. The Kier molecular flexibility index (Phi) is 4.37. The number of aryl methyl sites for hydroxylation is 2. The molecule has 0 amide bonds. The molecule has 5 heteroatoms. The van der Waals surface area contributed by atoms with Gasteiger partial charge in [0.25, 0.3) is 0 Å². The number of benzene rings is 1. The second-order valence-electron chi connectivity index (χ2n) is 4.24. The van der Waals surface area contributed by atoms with Gasteiger partial charge in [-0.15, -0.1) is 0 Å². The molecule has 1 aromatic carbocycles. The molecule has 4 nitrogen and oxygen atoms in total. The minimum Gasteiger partial charge on any atom is -0.439 e. The second kappa shape index (κ2) is 6.02. The molecule has 0 saturated heterocycles. The summed E-state index contributed by atoms with van der Waals surface area (Å²) in [6.45, 7) is 6.90. The van der Waals surface area contributed by atoms with Crippen molar-refractivity contribution in [2.24, 2.45) is 0 Å². The highest BCUT2D eigenvalue weighted by molar-refractivity contribution is 9.10. The van der Waals surface area contributed by atoms with Crippen molar-refractivity contribution in [3.63, 3.8) is 0 Å². The molecule has 0 saturated carbocycles. The Morgan fingerprint density at radius 1 is 1.16 bits per heavy atom. The molecule has 1 heterocycles. The van der Waals surface area contributed by atoms with Crippen LogP contribution in [0, 0.1) is 13.8 Å². The molecule has 0 radical (unpaired) electrons. The fourth-order valence-electron chi connectivity index (χ4n) is 1.76. The lowest BCUT2D eigenvalue weighted by Gasteiger charge is -2.10. The van der Waals surface area contributed by atoms with Gasteiger partial charge in [0.15, 0.2) is 0 Å². The van der Waals surface area contributed by atoms with Crippen molar-refractivity contribution in [3.8, 4) is 11.6 Å². The molecule has 0 fully saturated rings. The van der Waals surface area contributed by atoms with Crippen LogP contribution in [-0.2, 0) is 0 Å². The summed E-state index contributed by atoms with van der Waals surface area (Å²) in [6.07, 6.45) is 1.49. The van der Waals surface area contributed by atoms with E-state index in [0.717, 1.165) is 33.7 Å². The molecule has 2 aromatic rings. The fraction of sp³-hybridized carbons (Fsp3) is 0.286. The Balaban J connectivity index is 2.23. The van der Waals surface area contributed by atoms with Crippen molar-refractivity contribution in [1.29, 1.82) is 0 Å². The van der Waals surface area contributed by atoms with E-state index in [4.69, 9.17) is 4.74 Å². The van der Waals surface area contributed by atoms with Crippen molar-refractivity contribution in [2.45, 2.75) is 20.8 Å². The summed E-state index contributed by atoms with van der Waals surface area (Å²) in [4.78, 5) is 8.22. The summed E-state index contributed by atoms with van der Waals surface area (Å²) >= 11 is 3.54. The van der Waals surface area contributed by atoms with Crippen LogP contribution in [0.2, 0.25) is 0 Å². The first kappa shape index (κ1) is 13.8. The Bertz CT molecular complexity index is 564. The van der Waals surface area contributed by atoms with E-state index in [1.807, 2.05) is 32.9 Å². The molecule has 0 aliphatic heterocycles. The van der Waals surface area contributed by atoms with Crippen LogP contribution in [0.25, 0.3) is 0 Å². The van der Waals surface area contributed by atoms with Crippen molar-refractivity contribution in [3.05, 3.63) is 40.1 Å². The number of rotatable bonds is 4. The van der Waals surface area contributed by atoms with Crippen LogP contribution in [0.1, 0.15) is 18.1 Å². The van der Waals surface area contributed by atoms with Gasteiger partial charge in [-0.05, 0) is 44.0 Å². The quantitative estimate of drug-likeness (QED) is 0.921. The van der Waals surface area contributed by atoms with Gasteiger partial charge in [-0.1, -0.05) is 15.9 Å². The van der Waals surface area contributed by atoms with E-state index in [0.29, 0.717) is 5.88 Å². The lowest BCUT2D eigenvalue weighted by molar-refractivity contribution is 0.461. The van der Waals surface area contributed by atoms with Gasteiger partial charge in [-0.2, -0.15) is 0 Å². The predicted molar refractivity (Wildman–Crippen MR) is 79.9 cm³/mol. The third-order valence-electron chi connectivity index (χ3n) is 2.63. The summed E-state index contributed by atoms with van der Waals surface area (Å²) < 4.78 is 6.88. The van der Waals surface area contributed by atoms with E-state index in [-0.39, 0.29) is 0 Å². The Labute approximate surface area is 121 Å². The third-order valence-corrected chi connectivity index (χ3v) is 3.88. The highest BCUT2D eigenvalue weighted by Crippen LogP contribution is 2.29. The molecule has 19 heavy (non-hydrogen) atoms. The van der Waals surface area contributed by atoms with E-state index < -0.39 is 0 Å². The Morgan fingerprint density at radius 2 is 1.84 bits per heavy atom. The highest BCUT2D eigenvalue weighted by atomic mass is 79.9. The van der Waals surface area contributed by atoms with Crippen LogP contribution < -0.4 is 10.1 Å². The molecule has 100 valence electrons. The molecule has 0 bridgehead atoms. The number of anilines is 1. The van der Waals surface area contributed by atoms with Gasteiger partial charge >= 0.3 is 0 Å². The average Bonchev–Trinajstić information content (AvgIpc) is 2.37. The highest BCUT2D eigenvalue weighted by Gasteiger charge is 2.05. The van der Waals surface area contributed by atoms with Crippen LogP contribution in [0.4, 0.5) is 5.82 Å². The lowest BCUT2D eigenvalue weighted by Crippen LogP contribution is -2.00. The smallest absolute Gasteiger partial charge is 0.224 e. The van der Waals surface area contributed by atoms with Crippen molar-refractivity contribution >= 4 is 21.7 Å². The zero-order valence-corrected chi connectivity index (χ0v) is 12.8. The maximum Gasteiger partial charge on any atom is 0.224 e. The first-order valence-electron chi connectivity index (χ1n) is 6.10. The maximum atomic E-state index is 5.77. The first-order valence-corrected chi connectivity index (χ1v) is 6.90. The van der Waals surface area contributed by atoms with E-state index in [1.54, 1.807) is 6.07 Å². The van der Waals surface area contributed by atoms with Crippen molar-refractivity contribution in [2.75, 3.05) is 11.9 Å². The summed E-state index contributed by atoms with van der Waals surface area (Å²) in [5.74, 6) is 2.07. The number of halogens is 1. The van der Waals surface area contributed by atoms with Gasteiger partial charge in [-0.25, -0.2) is 9.97 Å². The van der Waals surface area contributed by atoms with Crippen LogP contribution in [0.5, 0.6) is 11.6 Å². The number of hydrogen-bond acceptors (Lipinski definition) is 4. The maximum absolute atomic E-state index is 5.77. The minimum absolute atomic E-state index is 0.534. The monoisotopic (exact) mass is 321 g/mol. The lowest BCUT2D eigenvalue weighted by atomic mass is 10.1. The van der Waals surface area contributed by atoms with E-state index in [1.165, 1.54) is 6.33 Å².